The van der Waals surface area contributed by atoms with Crippen molar-refractivity contribution in [2.75, 3.05) is 13.2 Å². The number of benzene rings is 1. The number of ether oxygens (including phenoxy) is 2. The van der Waals surface area contributed by atoms with Crippen LogP contribution in [-0.2, 0) is 4.74 Å². The summed E-state index contributed by atoms with van der Waals surface area (Å²) in [6.07, 6.45) is 2.11. The monoisotopic (exact) mass is 264 g/mol. The molecule has 0 saturated heterocycles. The van der Waals surface area contributed by atoms with Gasteiger partial charge in [-0.1, -0.05) is 25.1 Å². The Bertz CT molecular complexity index is 391. The molecule has 2 rings (SSSR count). The van der Waals surface area contributed by atoms with E-state index in [4.69, 9.17) is 9.47 Å². The van der Waals surface area contributed by atoms with E-state index in [-0.39, 0.29) is 6.10 Å². The number of aliphatic hydroxyl groups excluding tert-OH is 1. The van der Waals surface area contributed by atoms with Crippen LogP contribution in [0, 0.1) is 0 Å². The molecule has 3 unspecified atom stereocenters. The van der Waals surface area contributed by atoms with E-state index in [9.17, 15) is 5.11 Å². The van der Waals surface area contributed by atoms with Crippen molar-refractivity contribution >= 4 is 0 Å². The van der Waals surface area contributed by atoms with E-state index >= 15 is 0 Å². The zero-order chi connectivity index (χ0) is 13.7. The van der Waals surface area contributed by atoms with E-state index in [2.05, 4.69) is 13.0 Å². The Morgan fingerprint density at radius 2 is 2.16 bits per heavy atom. The average molecular weight is 264 g/mol. The minimum Gasteiger partial charge on any atom is -0.493 e. The molecule has 0 saturated carbocycles. The van der Waals surface area contributed by atoms with Gasteiger partial charge in [0.1, 0.15) is 5.75 Å². The summed E-state index contributed by atoms with van der Waals surface area (Å²) in [6, 6.07) is 8.14. The summed E-state index contributed by atoms with van der Waals surface area (Å²) in [4.78, 5) is 0. The molecule has 3 atom stereocenters. The van der Waals surface area contributed by atoms with Crippen molar-refractivity contribution in [1.29, 1.82) is 0 Å². The highest BCUT2D eigenvalue weighted by atomic mass is 16.5. The maximum atomic E-state index is 10.4. The van der Waals surface area contributed by atoms with E-state index in [1.165, 1.54) is 5.56 Å². The summed E-state index contributed by atoms with van der Waals surface area (Å²) < 4.78 is 11.3. The lowest BCUT2D eigenvalue weighted by atomic mass is 9.86. The van der Waals surface area contributed by atoms with Gasteiger partial charge in [0.2, 0.25) is 0 Å². The fourth-order valence-corrected chi connectivity index (χ4v) is 2.82. The molecule has 0 fully saturated rings. The van der Waals surface area contributed by atoms with Crippen LogP contribution >= 0.6 is 0 Å². The highest BCUT2D eigenvalue weighted by Gasteiger charge is 2.27. The zero-order valence-corrected chi connectivity index (χ0v) is 11.8. The molecule has 3 heteroatoms. The number of hydrogen-bond acceptors (Lipinski definition) is 3. The van der Waals surface area contributed by atoms with Crippen LogP contribution in [0.15, 0.2) is 24.3 Å². The van der Waals surface area contributed by atoms with Gasteiger partial charge in [0.25, 0.3) is 0 Å². The minimum atomic E-state index is -0.402. The third-order valence-electron chi connectivity index (χ3n) is 3.82. The summed E-state index contributed by atoms with van der Waals surface area (Å²) in [5.41, 5.74) is 1.22. The first-order valence-corrected chi connectivity index (χ1v) is 7.27. The van der Waals surface area contributed by atoms with Crippen molar-refractivity contribution in [3.63, 3.8) is 0 Å². The lowest BCUT2D eigenvalue weighted by Crippen LogP contribution is -2.31. The fourth-order valence-electron chi connectivity index (χ4n) is 2.82. The molecular formula is C16H24O3. The normalized spacial score (nSPS) is 21.3. The molecule has 1 aromatic rings. The molecule has 106 valence electrons. The van der Waals surface area contributed by atoms with Crippen LogP contribution in [0.1, 0.15) is 44.6 Å². The second kappa shape index (κ2) is 6.92. The summed E-state index contributed by atoms with van der Waals surface area (Å²) in [5.74, 6) is 1.34. The highest BCUT2D eigenvalue weighted by Crippen LogP contribution is 2.36. The first kappa shape index (κ1) is 14.4. The van der Waals surface area contributed by atoms with E-state index in [1.807, 2.05) is 25.1 Å². The largest absolute Gasteiger partial charge is 0.493 e. The summed E-state index contributed by atoms with van der Waals surface area (Å²) >= 11 is 0. The predicted molar refractivity (Wildman–Crippen MR) is 75.6 cm³/mol. The van der Waals surface area contributed by atoms with Gasteiger partial charge in [-0.05, 0) is 43.7 Å². The van der Waals surface area contributed by atoms with Gasteiger partial charge in [-0.2, -0.15) is 0 Å². The van der Waals surface area contributed by atoms with E-state index in [1.54, 1.807) is 0 Å². The van der Waals surface area contributed by atoms with Crippen LogP contribution in [0.3, 0.4) is 0 Å². The van der Waals surface area contributed by atoms with Crippen LogP contribution < -0.4 is 4.74 Å². The van der Waals surface area contributed by atoms with Crippen LogP contribution in [0.2, 0.25) is 0 Å². The number of hydrogen-bond donors (Lipinski definition) is 1. The van der Waals surface area contributed by atoms with Gasteiger partial charge in [-0.25, -0.2) is 0 Å². The molecule has 0 spiro atoms. The first-order chi connectivity index (χ1) is 9.26. The van der Waals surface area contributed by atoms with Crippen LogP contribution in [0.5, 0.6) is 5.75 Å². The second-order valence-corrected chi connectivity index (χ2v) is 5.08. The molecule has 0 aromatic heterocycles. The van der Waals surface area contributed by atoms with Gasteiger partial charge < -0.3 is 14.6 Å². The van der Waals surface area contributed by atoms with Crippen molar-refractivity contribution in [2.45, 2.75) is 51.2 Å². The third-order valence-corrected chi connectivity index (χ3v) is 3.82. The highest BCUT2D eigenvalue weighted by molar-refractivity contribution is 5.37. The number of para-hydroxylation sites is 1. The number of aliphatic hydroxyl groups is 1. The lowest BCUT2D eigenvalue weighted by Gasteiger charge is -2.30. The Labute approximate surface area is 115 Å². The molecule has 0 amide bonds. The summed E-state index contributed by atoms with van der Waals surface area (Å²) in [7, 11) is 0. The van der Waals surface area contributed by atoms with Crippen LogP contribution in [0.25, 0.3) is 0 Å². The molecule has 1 aliphatic rings. The predicted octanol–water partition coefficient (Wildman–Crippen LogP) is 3.12. The van der Waals surface area contributed by atoms with Gasteiger partial charge >= 0.3 is 0 Å². The van der Waals surface area contributed by atoms with Crippen molar-refractivity contribution in [3.8, 4) is 5.75 Å². The molecule has 3 nitrogen and oxygen atoms in total. The van der Waals surface area contributed by atoms with E-state index in [0.29, 0.717) is 12.5 Å². The molecular weight excluding hydrogens is 240 g/mol. The molecule has 0 radical (unpaired) electrons. The fraction of sp³-hybridized carbons (Fsp3) is 0.625. The quantitative estimate of drug-likeness (QED) is 0.858. The van der Waals surface area contributed by atoms with Gasteiger partial charge in [-0.15, -0.1) is 0 Å². The van der Waals surface area contributed by atoms with Crippen LogP contribution in [-0.4, -0.2) is 30.5 Å². The second-order valence-electron chi connectivity index (χ2n) is 5.08. The third kappa shape index (κ3) is 3.48. The Balaban J connectivity index is 2.03. The first-order valence-electron chi connectivity index (χ1n) is 7.27. The molecule has 1 aromatic carbocycles. The van der Waals surface area contributed by atoms with E-state index in [0.717, 1.165) is 31.6 Å². The maximum absolute atomic E-state index is 10.4. The summed E-state index contributed by atoms with van der Waals surface area (Å²) in [6.45, 7) is 5.42. The van der Waals surface area contributed by atoms with Crippen molar-refractivity contribution in [3.05, 3.63) is 29.8 Å². The molecule has 0 bridgehead atoms. The Kier molecular flexibility index (Phi) is 5.23. The number of rotatable bonds is 6. The zero-order valence-electron chi connectivity index (χ0n) is 11.8. The molecule has 1 N–H and O–H groups in total. The topological polar surface area (TPSA) is 38.7 Å². The number of fused-ring (bicyclic) bond motifs is 1. The standard InChI is InChI=1S/C16H24O3/c1-3-15(18-4-2)14(17)11-12-9-10-19-16-8-6-5-7-13(12)16/h5-8,12,14-15,17H,3-4,9-11H2,1-2H3. The van der Waals surface area contributed by atoms with Gasteiger partial charge in [-0.3, -0.25) is 0 Å². The van der Waals surface area contributed by atoms with Gasteiger partial charge in [0.15, 0.2) is 0 Å². The molecule has 19 heavy (non-hydrogen) atoms. The summed E-state index contributed by atoms with van der Waals surface area (Å²) in [5, 5.41) is 10.4. The molecule has 1 heterocycles. The van der Waals surface area contributed by atoms with Crippen molar-refractivity contribution < 1.29 is 14.6 Å². The molecule has 1 aliphatic heterocycles. The lowest BCUT2D eigenvalue weighted by molar-refractivity contribution is -0.0410. The maximum Gasteiger partial charge on any atom is 0.122 e. The van der Waals surface area contributed by atoms with Crippen molar-refractivity contribution in [1.82, 2.24) is 0 Å². The smallest absolute Gasteiger partial charge is 0.122 e. The van der Waals surface area contributed by atoms with Gasteiger partial charge in [0.05, 0.1) is 18.8 Å². The Morgan fingerprint density at radius 3 is 2.89 bits per heavy atom. The van der Waals surface area contributed by atoms with Gasteiger partial charge in [0, 0.05) is 6.61 Å². The molecule has 0 aliphatic carbocycles. The average Bonchev–Trinajstić information content (AvgIpc) is 2.45. The Morgan fingerprint density at radius 1 is 1.37 bits per heavy atom. The minimum absolute atomic E-state index is 0.0555. The van der Waals surface area contributed by atoms with Crippen LogP contribution in [0.4, 0.5) is 0 Å². The van der Waals surface area contributed by atoms with Crippen molar-refractivity contribution in [2.24, 2.45) is 0 Å². The van der Waals surface area contributed by atoms with E-state index < -0.39 is 6.10 Å². The Hall–Kier alpha value is -1.06. The SMILES string of the molecule is CCOC(CC)C(O)CC1CCOc2ccccc21.